The van der Waals surface area contributed by atoms with Crippen molar-refractivity contribution in [3.63, 3.8) is 0 Å². The number of nitriles is 1. The van der Waals surface area contributed by atoms with E-state index in [9.17, 15) is 20.2 Å². The maximum Gasteiger partial charge on any atom is 0.271 e. The number of nitrogens with zero attached hydrogens (tertiary/aromatic N) is 2. The minimum Gasteiger partial charge on any atom is -0.494 e. The molecule has 0 aliphatic heterocycles. The van der Waals surface area contributed by atoms with Gasteiger partial charge < -0.3 is 10.1 Å². The van der Waals surface area contributed by atoms with Gasteiger partial charge in [0.2, 0.25) is 0 Å². The first-order chi connectivity index (χ1) is 12.8. The number of carbonyl (C=O) groups is 1. The molecule has 2 aromatic carbocycles. The van der Waals surface area contributed by atoms with Gasteiger partial charge in [-0.2, -0.15) is 5.26 Å². The predicted molar refractivity (Wildman–Crippen MR) is 108 cm³/mol. The molecule has 9 heteroatoms. The molecular weight excluding hydrogens is 482 g/mol. The van der Waals surface area contributed by atoms with Crippen molar-refractivity contribution in [3.05, 3.63) is 66.1 Å². The molecule has 0 radical (unpaired) electrons. The average molecular weight is 495 g/mol. The quantitative estimate of drug-likeness (QED) is 0.273. The highest BCUT2D eigenvalue weighted by Gasteiger charge is 2.15. The molecule has 0 aliphatic rings. The number of amides is 1. The molecule has 0 heterocycles. The topological polar surface area (TPSA) is 105 Å². The van der Waals surface area contributed by atoms with Crippen LogP contribution >= 0.6 is 31.9 Å². The predicted octanol–water partition coefficient (Wildman–Crippen LogP) is 4.98. The number of nitrogens with one attached hydrogen (secondary N) is 1. The van der Waals surface area contributed by atoms with Gasteiger partial charge in [0.15, 0.2) is 0 Å². The zero-order chi connectivity index (χ0) is 20.1. The summed E-state index contributed by atoms with van der Waals surface area (Å²) in [6.45, 7) is 1.70. The molecule has 0 fully saturated rings. The third-order valence-corrected chi connectivity index (χ3v) is 4.76. The number of methoxy groups -OCH3 is 1. The van der Waals surface area contributed by atoms with Crippen LogP contribution < -0.4 is 10.1 Å². The summed E-state index contributed by atoms with van der Waals surface area (Å²) in [6, 6.07) is 9.38. The highest BCUT2D eigenvalue weighted by atomic mass is 79.9. The van der Waals surface area contributed by atoms with Crippen LogP contribution in [0.5, 0.6) is 5.75 Å². The third-order valence-electron chi connectivity index (χ3n) is 3.58. The second-order valence-electron chi connectivity index (χ2n) is 5.40. The summed E-state index contributed by atoms with van der Waals surface area (Å²) in [6.07, 6.45) is 1.41. The fourth-order valence-electron chi connectivity index (χ4n) is 2.22. The summed E-state index contributed by atoms with van der Waals surface area (Å²) < 4.78 is 6.52. The van der Waals surface area contributed by atoms with Gasteiger partial charge in [0.05, 0.1) is 26.7 Å². The zero-order valence-electron chi connectivity index (χ0n) is 14.2. The Labute approximate surface area is 172 Å². The molecule has 0 unspecified atom stereocenters. The van der Waals surface area contributed by atoms with Crippen molar-refractivity contribution in [2.45, 2.75) is 6.92 Å². The van der Waals surface area contributed by atoms with E-state index < -0.39 is 10.8 Å². The van der Waals surface area contributed by atoms with Crippen molar-refractivity contribution in [3.8, 4) is 11.8 Å². The summed E-state index contributed by atoms with van der Waals surface area (Å²) in [5.74, 6) is -0.0773. The number of carbonyl (C=O) groups excluding carboxylic acids is 1. The molecular formula is C18H13Br2N3O4. The fourth-order valence-corrected chi connectivity index (χ4v) is 3.77. The molecule has 7 nitrogen and oxygen atoms in total. The van der Waals surface area contributed by atoms with E-state index in [4.69, 9.17) is 4.74 Å². The van der Waals surface area contributed by atoms with E-state index in [1.807, 2.05) is 6.07 Å². The molecule has 0 spiro atoms. The molecule has 0 aromatic heterocycles. The van der Waals surface area contributed by atoms with Gasteiger partial charge in [-0.1, -0.05) is 6.07 Å². The first-order valence-electron chi connectivity index (χ1n) is 7.48. The van der Waals surface area contributed by atoms with E-state index >= 15 is 0 Å². The molecule has 0 aliphatic carbocycles. The molecule has 2 aromatic rings. The summed E-state index contributed by atoms with van der Waals surface area (Å²) in [4.78, 5) is 22.8. The number of nitro groups is 1. The van der Waals surface area contributed by atoms with Gasteiger partial charge >= 0.3 is 0 Å². The standard InChI is InChI=1S/C18H13Br2N3O4/c1-10-3-4-13(23(25)26)8-16(10)22-18(24)12(9-21)5-11-6-14(19)17(27-2)15(20)7-11/h3-8H,1-2H3,(H,22,24)/b12-5+. The van der Waals surface area contributed by atoms with E-state index in [0.29, 0.717) is 25.8 Å². The molecule has 0 atom stereocenters. The molecule has 1 amide bonds. The summed E-state index contributed by atoms with van der Waals surface area (Å²) >= 11 is 6.72. The Morgan fingerprint density at radius 3 is 2.44 bits per heavy atom. The van der Waals surface area contributed by atoms with Gasteiger partial charge in [-0.3, -0.25) is 14.9 Å². The number of non-ortho nitro benzene ring substituents is 1. The van der Waals surface area contributed by atoms with Crippen LogP contribution in [0.15, 0.2) is 44.9 Å². The number of halogens is 2. The normalized spacial score (nSPS) is 10.9. The van der Waals surface area contributed by atoms with Crippen molar-refractivity contribution in [1.29, 1.82) is 5.26 Å². The first kappa shape index (κ1) is 20.6. The van der Waals surface area contributed by atoms with Crippen molar-refractivity contribution in [2.24, 2.45) is 0 Å². The maximum atomic E-state index is 12.5. The molecule has 27 heavy (non-hydrogen) atoms. The van der Waals surface area contributed by atoms with Crippen LogP contribution in [0.4, 0.5) is 11.4 Å². The number of rotatable bonds is 5. The number of nitro benzene ring substituents is 1. The highest BCUT2D eigenvalue weighted by molar-refractivity contribution is 9.11. The van der Waals surface area contributed by atoms with E-state index in [-0.39, 0.29) is 16.9 Å². The van der Waals surface area contributed by atoms with Gasteiger partial charge in [-0.25, -0.2) is 0 Å². The summed E-state index contributed by atoms with van der Waals surface area (Å²) in [5, 5.41) is 22.8. The van der Waals surface area contributed by atoms with Gasteiger partial charge in [0.25, 0.3) is 11.6 Å². The number of aryl methyl sites for hydroxylation is 1. The Morgan fingerprint density at radius 1 is 1.30 bits per heavy atom. The van der Waals surface area contributed by atoms with Crippen molar-refractivity contribution in [1.82, 2.24) is 0 Å². The highest BCUT2D eigenvalue weighted by Crippen LogP contribution is 2.35. The Balaban J connectivity index is 2.34. The lowest BCUT2D eigenvalue weighted by Crippen LogP contribution is -2.14. The van der Waals surface area contributed by atoms with Gasteiger partial charge in [-0.15, -0.1) is 0 Å². The lowest BCUT2D eigenvalue weighted by Gasteiger charge is -2.09. The molecule has 138 valence electrons. The van der Waals surface area contributed by atoms with Crippen LogP contribution in [0.3, 0.4) is 0 Å². The molecule has 1 N–H and O–H groups in total. The van der Waals surface area contributed by atoms with Crippen molar-refractivity contribution >= 4 is 55.2 Å². The summed E-state index contributed by atoms with van der Waals surface area (Å²) in [5.41, 5.74) is 1.21. The van der Waals surface area contributed by atoms with Crippen LogP contribution in [0, 0.1) is 28.4 Å². The lowest BCUT2D eigenvalue weighted by atomic mass is 10.1. The summed E-state index contributed by atoms with van der Waals surface area (Å²) in [7, 11) is 1.52. The second-order valence-corrected chi connectivity index (χ2v) is 7.11. The minimum absolute atomic E-state index is 0.148. The minimum atomic E-state index is -0.663. The molecule has 0 saturated carbocycles. The molecule has 0 saturated heterocycles. The number of anilines is 1. The fraction of sp³-hybridized carbons (Fsp3) is 0.111. The van der Waals surface area contributed by atoms with E-state index in [0.717, 1.165) is 0 Å². The Morgan fingerprint density at radius 2 is 1.93 bits per heavy atom. The van der Waals surface area contributed by atoms with E-state index in [1.54, 1.807) is 19.1 Å². The van der Waals surface area contributed by atoms with E-state index in [1.165, 1.54) is 31.4 Å². The lowest BCUT2D eigenvalue weighted by molar-refractivity contribution is -0.384. The third kappa shape index (κ3) is 4.93. The zero-order valence-corrected chi connectivity index (χ0v) is 17.4. The Kier molecular flexibility index (Phi) is 6.71. The molecule has 0 bridgehead atoms. The van der Waals surface area contributed by atoms with Crippen LogP contribution in [0.1, 0.15) is 11.1 Å². The van der Waals surface area contributed by atoms with Crippen LogP contribution in [0.2, 0.25) is 0 Å². The average Bonchev–Trinajstić information content (AvgIpc) is 2.61. The van der Waals surface area contributed by atoms with E-state index in [2.05, 4.69) is 37.2 Å². The SMILES string of the molecule is COc1c(Br)cc(/C=C(\C#N)C(=O)Nc2cc([N+](=O)[O-])ccc2C)cc1Br. The largest absolute Gasteiger partial charge is 0.494 e. The number of hydrogen-bond acceptors (Lipinski definition) is 5. The van der Waals surface area contributed by atoms with Crippen LogP contribution in [-0.2, 0) is 4.79 Å². The van der Waals surface area contributed by atoms with Gasteiger partial charge in [-0.05, 0) is 68.1 Å². The number of ether oxygens (including phenoxy) is 1. The number of hydrogen-bond donors (Lipinski definition) is 1. The van der Waals surface area contributed by atoms with Gasteiger partial charge in [0.1, 0.15) is 17.4 Å². The van der Waals surface area contributed by atoms with Crippen LogP contribution in [-0.4, -0.2) is 17.9 Å². The smallest absolute Gasteiger partial charge is 0.271 e. The Hall–Kier alpha value is -2.70. The maximum absolute atomic E-state index is 12.5. The Bertz CT molecular complexity index is 974. The molecule has 2 rings (SSSR count). The second kappa shape index (κ2) is 8.79. The number of benzene rings is 2. The van der Waals surface area contributed by atoms with Crippen LogP contribution in [0.25, 0.3) is 6.08 Å². The first-order valence-corrected chi connectivity index (χ1v) is 9.06. The van der Waals surface area contributed by atoms with Gasteiger partial charge in [0, 0.05) is 12.1 Å². The van der Waals surface area contributed by atoms with Crippen molar-refractivity contribution in [2.75, 3.05) is 12.4 Å². The van der Waals surface area contributed by atoms with Crippen molar-refractivity contribution < 1.29 is 14.5 Å². The monoisotopic (exact) mass is 493 g/mol.